The average molecular weight is 509 g/mol. The van der Waals surface area contributed by atoms with Gasteiger partial charge in [-0.15, -0.1) is 0 Å². The summed E-state index contributed by atoms with van der Waals surface area (Å²) < 4.78 is 8.09. The van der Waals surface area contributed by atoms with E-state index >= 15 is 0 Å². The Hall–Kier alpha value is -3.90. The van der Waals surface area contributed by atoms with Gasteiger partial charge >= 0.3 is 0 Å². The fourth-order valence-electron chi connectivity index (χ4n) is 5.06. The topological polar surface area (TPSA) is 50.6 Å². The Morgan fingerprint density at radius 3 is 2.39 bits per heavy atom. The van der Waals surface area contributed by atoms with Gasteiger partial charge in [0.25, 0.3) is 5.91 Å². The normalized spacial score (nSPS) is 14.1. The summed E-state index contributed by atoms with van der Waals surface area (Å²) in [6.45, 7) is 12.7. The van der Waals surface area contributed by atoms with E-state index in [-0.39, 0.29) is 5.91 Å². The van der Waals surface area contributed by atoms with Crippen molar-refractivity contribution in [3.63, 3.8) is 0 Å². The van der Waals surface area contributed by atoms with E-state index in [1.165, 1.54) is 16.8 Å². The number of benzene rings is 3. The Kier molecular flexibility index (Phi) is 7.61. The molecule has 1 fully saturated rings. The second-order valence-electron chi connectivity index (χ2n) is 10.2. The van der Waals surface area contributed by atoms with Crippen LogP contribution in [0.4, 0.5) is 0 Å². The summed E-state index contributed by atoms with van der Waals surface area (Å²) in [6, 6.07) is 24.3. The van der Waals surface area contributed by atoms with Gasteiger partial charge in [0.15, 0.2) is 0 Å². The quantitative estimate of drug-likeness (QED) is 0.324. The number of rotatable bonds is 7. The number of aryl methyl sites for hydroxylation is 3. The smallest absolute Gasteiger partial charge is 0.253 e. The molecule has 6 nitrogen and oxygen atoms in total. The van der Waals surface area contributed by atoms with Gasteiger partial charge < -0.3 is 9.64 Å². The largest absolute Gasteiger partial charge is 0.489 e. The Morgan fingerprint density at radius 1 is 0.868 bits per heavy atom. The van der Waals surface area contributed by atoms with Gasteiger partial charge in [0.1, 0.15) is 12.4 Å². The third-order valence-corrected chi connectivity index (χ3v) is 7.40. The van der Waals surface area contributed by atoms with Gasteiger partial charge in [-0.3, -0.25) is 9.69 Å². The van der Waals surface area contributed by atoms with E-state index in [2.05, 4.69) is 56.0 Å². The molecule has 1 aliphatic heterocycles. The van der Waals surface area contributed by atoms with Crippen molar-refractivity contribution in [1.29, 1.82) is 0 Å². The fraction of sp³-hybridized carbons (Fsp3) is 0.312. The van der Waals surface area contributed by atoms with Crippen LogP contribution < -0.4 is 4.74 Å². The maximum atomic E-state index is 13.3. The summed E-state index contributed by atoms with van der Waals surface area (Å²) in [5.41, 5.74) is 8.58. The Bertz CT molecular complexity index is 1420. The molecule has 1 saturated heterocycles. The molecule has 2 heterocycles. The monoisotopic (exact) mass is 508 g/mol. The Balaban J connectivity index is 1.18. The van der Waals surface area contributed by atoms with E-state index in [0.717, 1.165) is 53.5 Å². The molecule has 0 aliphatic carbocycles. The number of para-hydroxylation sites is 1. The van der Waals surface area contributed by atoms with Gasteiger partial charge in [0.2, 0.25) is 0 Å². The summed E-state index contributed by atoms with van der Waals surface area (Å²) in [5, 5.41) is 4.80. The van der Waals surface area contributed by atoms with Gasteiger partial charge in [-0.05, 0) is 74.7 Å². The van der Waals surface area contributed by atoms with E-state index < -0.39 is 0 Å². The molecule has 6 heteroatoms. The van der Waals surface area contributed by atoms with E-state index in [4.69, 9.17) is 9.84 Å². The number of carbonyl (C=O) groups excluding carboxylic acids is 1. The van der Waals surface area contributed by atoms with Crippen LogP contribution in [0.2, 0.25) is 0 Å². The Labute approximate surface area is 225 Å². The number of hydrogen-bond acceptors (Lipinski definition) is 4. The molecule has 1 amide bonds. The lowest BCUT2D eigenvalue weighted by atomic mass is 10.1. The summed E-state index contributed by atoms with van der Waals surface area (Å²) in [6.07, 6.45) is 0. The van der Waals surface area contributed by atoms with Gasteiger partial charge in [-0.2, -0.15) is 5.10 Å². The summed E-state index contributed by atoms with van der Waals surface area (Å²) >= 11 is 0. The molecule has 0 saturated carbocycles. The highest BCUT2D eigenvalue weighted by atomic mass is 16.5. The van der Waals surface area contributed by atoms with E-state index in [1.807, 2.05) is 59.0 Å². The fourth-order valence-corrected chi connectivity index (χ4v) is 5.06. The highest BCUT2D eigenvalue weighted by Gasteiger charge is 2.24. The predicted octanol–water partition coefficient (Wildman–Crippen LogP) is 5.64. The lowest BCUT2D eigenvalue weighted by Crippen LogP contribution is -2.48. The molecule has 0 N–H and O–H groups in total. The molecule has 1 aromatic heterocycles. The minimum Gasteiger partial charge on any atom is -0.489 e. The third-order valence-electron chi connectivity index (χ3n) is 7.40. The third kappa shape index (κ3) is 5.65. The predicted molar refractivity (Wildman–Crippen MR) is 151 cm³/mol. The van der Waals surface area contributed by atoms with Crippen molar-refractivity contribution in [1.82, 2.24) is 19.6 Å². The molecule has 0 atom stereocenters. The first kappa shape index (κ1) is 25.7. The van der Waals surface area contributed by atoms with Crippen LogP contribution in [0.1, 0.15) is 44.0 Å². The maximum Gasteiger partial charge on any atom is 0.253 e. The number of carbonyl (C=O) groups is 1. The van der Waals surface area contributed by atoms with Gasteiger partial charge in [-0.25, -0.2) is 4.68 Å². The van der Waals surface area contributed by atoms with Crippen LogP contribution in [0.5, 0.6) is 5.75 Å². The van der Waals surface area contributed by atoms with Crippen LogP contribution in [0, 0.1) is 27.7 Å². The van der Waals surface area contributed by atoms with E-state index in [1.54, 1.807) is 0 Å². The number of amides is 1. The number of piperazine rings is 1. The van der Waals surface area contributed by atoms with Crippen molar-refractivity contribution in [3.05, 3.63) is 112 Å². The van der Waals surface area contributed by atoms with Gasteiger partial charge in [-0.1, -0.05) is 42.5 Å². The SMILES string of the molecule is Cc1ccc(C)c(OCc2cccc(C(=O)N3CCN(Cc4c(C)nn(-c5ccccc5)c4C)CC3)c2)c1. The van der Waals surface area contributed by atoms with Gasteiger partial charge in [0.05, 0.1) is 11.4 Å². The summed E-state index contributed by atoms with van der Waals surface area (Å²) in [4.78, 5) is 17.7. The summed E-state index contributed by atoms with van der Waals surface area (Å²) in [5.74, 6) is 0.972. The van der Waals surface area contributed by atoms with Crippen molar-refractivity contribution in [2.45, 2.75) is 40.8 Å². The zero-order valence-electron chi connectivity index (χ0n) is 22.8. The maximum absolute atomic E-state index is 13.3. The molecular weight excluding hydrogens is 472 g/mol. The lowest BCUT2D eigenvalue weighted by Gasteiger charge is -2.35. The molecule has 1 aliphatic rings. The number of ether oxygens (including phenoxy) is 1. The number of nitrogens with zero attached hydrogens (tertiary/aromatic N) is 4. The van der Waals surface area contributed by atoms with Crippen LogP contribution in [0.15, 0.2) is 72.8 Å². The van der Waals surface area contributed by atoms with Crippen molar-refractivity contribution in [2.75, 3.05) is 26.2 Å². The lowest BCUT2D eigenvalue weighted by molar-refractivity contribution is 0.0627. The first-order valence-corrected chi connectivity index (χ1v) is 13.3. The van der Waals surface area contributed by atoms with Gasteiger partial charge in [0, 0.05) is 49.5 Å². The van der Waals surface area contributed by atoms with E-state index in [9.17, 15) is 4.79 Å². The molecular formula is C32H36N4O2. The Morgan fingerprint density at radius 2 is 1.63 bits per heavy atom. The zero-order chi connectivity index (χ0) is 26.6. The second-order valence-corrected chi connectivity index (χ2v) is 10.2. The molecule has 0 bridgehead atoms. The average Bonchev–Trinajstić information content (AvgIpc) is 3.22. The molecule has 5 rings (SSSR count). The molecule has 4 aromatic rings. The van der Waals surface area contributed by atoms with Crippen LogP contribution in [-0.4, -0.2) is 51.7 Å². The number of aromatic nitrogens is 2. The molecule has 0 radical (unpaired) electrons. The standard InChI is InChI=1S/C32H36N4O2/c1-23-13-14-24(2)31(19-23)38-22-27-9-8-10-28(20-27)32(37)35-17-15-34(16-18-35)21-30-25(3)33-36(26(30)4)29-11-6-5-7-12-29/h5-14,19-20H,15-18,21-22H2,1-4H3. The van der Waals surface area contributed by atoms with E-state index in [0.29, 0.717) is 19.7 Å². The highest BCUT2D eigenvalue weighted by molar-refractivity contribution is 5.94. The molecule has 3 aromatic carbocycles. The second kappa shape index (κ2) is 11.2. The molecule has 0 unspecified atom stereocenters. The number of hydrogen-bond donors (Lipinski definition) is 0. The molecule has 196 valence electrons. The van der Waals surface area contributed by atoms with Crippen LogP contribution in [0.25, 0.3) is 5.69 Å². The summed E-state index contributed by atoms with van der Waals surface area (Å²) in [7, 11) is 0. The zero-order valence-corrected chi connectivity index (χ0v) is 22.8. The van der Waals surface area contributed by atoms with Crippen LogP contribution >= 0.6 is 0 Å². The highest BCUT2D eigenvalue weighted by Crippen LogP contribution is 2.22. The van der Waals surface area contributed by atoms with Crippen LogP contribution in [-0.2, 0) is 13.2 Å². The molecule has 0 spiro atoms. The first-order valence-electron chi connectivity index (χ1n) is 13.3. The first-order chi connectivity index (χ1) is 18.4. The van der Waals surface area contributed by atoms with Crippen molar-refractivity contribution < 1.29 is 9.53 Å². The van der Waals surface area contributed by atoms with Crippen molar-refractivity contribution >= 4 is 5.91 Å². The minimum absolute atomic E-state index is 0.0856. The van der Waals surface area contributed by atoms with Crippen LogP contribution in [0.3, 0.4) is 0 Å². The van der Waals surface area contributed by atoms with Crippen molar-refractivity contribution in [2.24, 2.45) is 0 Å². The minimum atomic E-state index is 0.0856. The van der Waals surface area contributed by atoms with Crippen molar-refractivity contribution in [3.8, 4) is 11.4 Å². The molecule has 38 heavy (non-hydrogen) atoms.